The number of methoxy groups -OCH3 is 2. The quantitative estimate of drug-likeness (QED) is 0.668. The van der Waals surface area contributed by atoms with Gasteiger partial charge in [0, 0.05) is 39.9 Å². The van der Waals surface area contributed by atoms with Crippen molar-refractivity contribution < 1.29 is 14.6 Å². The molecule has 0 amide bonds. The molecule has 20 heavy (non-hydrogen) atoms. The molecule has 0 bridgehead atoms. The Morgan fingerprint density at radius 3 is 2.10 bits per heavy atom. The molecule has 2 saturated carbocycles. The molecule has 116 valence electrons. The average molecular weight is 284 g/mol. The topological polar surface area (TPSA) is 54.0 Å². The van der Waals surface area contributed by atoms with Crippen molar-refractivity contribution in [2.45, 2.75) is 49.5 Å². The Hall–Kier alpha value is -0.200. The number of aliphatic hydroxyl groups excluding tert-OH is 1. The van der Waals surface area contributed by atoms with Crippen molar-refractivity contribution in [2.24, 2.45) is 5.92 Å². The van der Waals surface area contributed by atoms with Gasteiger partial charge in [0.15, 0.2) is 0 Å². The van der Waals surface area contributed by atoms with Crippen LogP contribution in [0, 0.1) is 5.92 Å². The van der Waals surface area contributed by atoms with Gasteiger partial charge in [-0.3, -0.25) is 4.90 Å². The van der Waals surface area contributed by atoms with Crippen molar-refractivity contribution in [1.29, 1.82) is 0 Å². The Balaban J connectivity index is 1.64. The molecule has 0 aromatic rings. The van der Waals surface area contributed by atoms with Gasteiger partial charge in [-0.05, 0) is 31.6 Å². The summed E-state index contributed by atoms with van der Waals surface area (Å²) < 4.78 is 11.0. The zero-order valence-corrected chi connectivity index (χ0v) is 12.7. The van der Waals surface area contributed by atoms with Crippen LogP contribution in [0.25, 0.3) is 0 Å². The standard InChI is InChI=1S/C15H28N2O3/c1-19-13-7-17(8-14(13)20-2)9-15(10-18,11-3-4-11)16-12-5-6-12/h11-14,16,18H,3-10H2,1-2H3. The summed E-state index contributed by atoms with van der Waals surface area (Å²) in [5, 5.41) is 13.8. The summed E-state index contributed by atoms with van der Waals surface area (Å²) in [4.78, 5) is 2.40. The molecule has 3 fully saturated rings. The van der Waals surface area contributed by atoms with Crippen LogP contribution in [0.3, 0.4) is 0 Å². The Labute approximate surface area is 121 Å². The Bertz CT molecular complexity index is 321. The highest BCUT2D eigenvalue weighted by atomic mass is 16.5. The van der Waals surface area contributed by atoms with E-state index in [1.54, 1.807) is 14.2 Å². The fourth-order valence-corrected chi connectivity index (χ4v) is 3.59. The smallest absolute Gasteiger partial charge is 0.0971 e. The Morgan fingerprint density at radius 1 is 1.10 bits per heavy atom. The predicted octanol–water partition coefficient (Wildman–Crippen LogP) is 0.225. The lowest BCUT2D eigenvalue weighted by atomic mass is 9.93. The van der Waals surface area contributed by atoms with Crippen LogP contribution in [0.4, 0.5) is 0 Å². The maximum Gasteiger partial charge on any atom is 0.0971 e. The minimum atomic E-state index is -0.109. The van der Waals surface area contributed by atoms with E-state index in [2.05, 4.69) is 10.2 Å². The summed E-state index contributed by atoms with van der Waals surface area (Å²) in [7, 11) is 3.51. The van der Waals surface area contributed by atoms with Gasteiger partial charge in [-0.2, -0.15) is 0 Å². The van der Waals surface area contributed by atoms with Gasteiger partial charge < -0.3 is 19.9 Å². The largest absolute Gasteiger partial charge is 0.394 e. The summed E-state index contributed by atoms with van der Waals surface area (Å²) in [6, 6.07) is 0.627. The molecule has 2 N–H and O–H groups in total. The lowest BCUT2D eigenvalue weighted by Crippen LogP contribution is -2.58. The number of aliphatic hydroxyl groups is 1. The van der Waals surface area contributed by atoms with Crippen molar-refractivity contribution in [3.8, 4) is 0 Å². The molecular weight excluding hydrogens is 256 g/mol. The first-order valence-corrected chi connectivity index (χ1v) is 7.87. The molecule has 5 heteroatoms. The zero-order chi connectivity index (χ0) is 14.2. The minimum Gasteiger partial charge on any atom is -0.394 e. The first-order valence-electron chi connectivity index (χ1n) is 7.87. The molecule has 0 radical (unpaired) electrons. The second-order valence-corrected chi connectivity index (χ2v) is 6.75. The number of nitrogens with zero attached hydrogens (tertiary/aromatic N) is 1. The number of ether oxygens (including phenoxy) is 2. The third-order valence-electron chi connectivity index (χ3n) is 5.11. The van der Waals surface area contributed by atoms with Crippen molar-refractivity contribution in [2.75, 3.05) is 40.5 Å². The Morgan fingerprint density at radius 2 is 1.70 bits per heavy atom. The summed E-state index contributed by atoms with van der Waals surface area (Å²) in [5.74, 6) is 0.635. The third kappa shape index (κ3) is 3.02. The van der Waals surface area contributed by atoms with Gasteiger partial charge in [-0.15, -0.1) is 0 Å². The number of hydrogen-bond donors (Lipinski definition) is 2. The molecule has 3 aliphatic rings. The van der Waals surface area contributed by atoms with Crippen LogP contribution in [-0.4, -0.2) is 74.3 Å². The molecule has 2 aliphatic carbocycles. The summed E-state index contributed by atoms with van der Waals surface area (Å²) in [6.07, 6.45) is 5.31. The molecule has 1 saturated heterocycles. The van der Waals surface area contributed by atoms with Crippen LogP contribution >= 0.6 is 0 Å². The van der Waals surface area contributed by atoms with Gasteiger partial charge in [0.25, 0.3) is 0 Å². The highest BCUT2D eigenvalue weighted by molar-refractivity contribution is 5.07. The van der Waals surface area contributed by atoms with Gasteiger partial charge in [0.05, 0.1) is 24.4 Å². The van der Waals surface area contributed by atoms with E-state index in [-0.39, 0.29) is 24.4 Å². The summed E-state index contributed by atoms with van der Waals surface area (Å²) >= 11 is 0. The van der Waals surface area contributed by atoms with Gasteiger partial charge in [0.1, 0.15) is 0 Å². The second-order valence-electron chi connectivity index (χ2n) is 6.75. The van der Waals surface area contributed by atoms with E-state index >= 15 is 0 Å². The van der Waals surface area contributed by atoms with Gasteiger partial charge >= 0.3 is 0 Å². The van der Waals surface area contributed by atoms with Crippen molar-refractivity contribution in [3.05, 3.63) is 0 Å². The maximum absolute atomic E-state index is 10.0. The SMILES string of the molecule is COC1CN(CC(CO)(NC2CC2)C2CC2)CC1OC. The monoisotopic (exact) mass is 284 g/mol. The highest BCUT2D eigenvalue weighted by Gasteiger charge is 2.49. The number of hydrogen-bond acceptors (Lipinski definition) is 5. The van der Waals surface area contributed by atoms with Crippen LogP contribution in [0.5, 0.6) is 0 Å². The molecule has 0 spiro atoms. The molecule has 3 unspecified atom stereocenters. The van der Waals surface area contributed by atoms with Crippen molar-refractivity contribution in [3.63, 3.8) is 0 Å². The maximum atomic E-state index is 10.0. The zero-order valence-electron chi connectivity index (χ0n) is 12.7. The summed E-state index contributed by atoms with van der Waals surface area (Å²) in [6.45, 7) is 2.94. The van der Waals surface area contributed by atoms with Crippen molar-refractivity contribution in [1.82, 2.24) is 10.2 Å². The van der Waals surface area contributed by atoms with E-state index in [0.717, 1.165) is 19.6 Å². The number of nitrogens with one attached hydrogen (secondary N) is 1. The lowest BCUT2D eigenvalue weighted by Gasteiger charge is -2.37. The first kappa shape index (κ1) is 14.7. The molecule has 1 aliphatic heterocycles. The van der Waals surface area contributed by atoms with Gasteiger partial charge in [-0.1, -0.05) is 0 Å². The van der Waals surface area contributed by atoms with Crippen LogP contribution < -0.4 is 5.32 Å². The normalized spacial score (nSPS) is 34.4. The fraction of sp³-hybridized carbons (Fsp3) is 1.00. The van der Waals surface area contributed by atoms with E-state index in [0.29, 0.717) is 12.0 Å². The van der Waals surface area contributed by atoms with Crippen molar-refractivity contribution >= 4 is 0 Å². The Kier molecular flexibility index (Phi) is 4.34. The lowest BCUT2D eigenvalue weighted by molar-refractivity contribution is -0.00461. The molecule has 0 aromatic heterocycles. The number of likely N-dealkylation sites (tertiary alicyclic amines) is 1. The molecular formula is C15H28N2O3. The van der Waals surface area contributed by atoms with E-state index in [9.17, 15) is 5.11 Å². The van der Waals surface area contributed by atoms with Gasteiger partial charge in [0.2, 0.25) is 0 Å². The highest BCUT2D eigenvalue weighted by Crippen LogP contribution is 2.42. The van der Waals surface area contributed by atoms with Crippen LogP contribution in [0.2, 0.25) is 0 Å². The fourth-order valence-electron chi connectivity index (χ4n) is 3.59. The molecule has 3 atom stereocenters. The van der Waals surface area contributed by atoms with E-state index in [1.807, 2.05) is 0 Å². The van der Waals surface area contributed by atoms with E-state index in [4.69, 9.17) is 9.47 Å². The van der Waals surface area contributed by atoms with Crippen LogP contribution in [0.15, 0.2) is 0 Å². The first-order chi connectivity index (χ1) is 9.70. The predicted molar refractivity (Wildman–Crippen MR) is 76.7 cm³/mol. The molecule has 3 rings (SSSR count). The van der Waals surface area contributed by atoms with E-state index in [1.165, 1.54) is 25.7 Å². The van der Waals surface area contributed by atoms with E-state index < -0.39 is 0 Å². The van der Waals surface area contributed by atoms with Crippen LogP contribution in [0.1, 0.15) is 25.7 Å². The molecule has 0 aromatic carbocycles. The summed E-state index contributed by atoms with van der Waals surface area (Å²) in [5.41, 5.74) is -0.109. The average Bonchev–Trinajstić information content (AvgIpc) is 3.36. The number of rotatable bonds is 8. The second kappa shape index (κ2) is 5.89. The molecule has 1 heterocycles. The van der Waals surface area contributed by atoms with Crippen LogP contribution in [-0.2, 0) is 9.47 Å². The minimum absolute atomic E-state index is 0.109. The molecule has 5 nitrogen and oxygen atoms in total. The van der Waals surface area contributed by atoms with Gasteiger partial charge in [-0.25, -0.2) is 0 Å². The third-order valence-corrected chi connectivity index (χ3v) is 5.11.